The first-order valence-corrected chi connectivity index (χ1v) is 24.3. The molecule has 0 amide bonds. The number of H-pyrrole nitrogens is 2. The number of ether oxygens (including phenoxy) is 2. The van der Waals surface area contributed by atoms with Crippen molar-refractivity contribution >= 4 is 51.1 Å². The summed E-state index contributed by atoms with van der Waals surface area (Å²) in [5.41, 5.74) is 10.7. The molecule has 1 aliphatic carbocycles. The number of fused-ring (bicyclic) bond motifs is 8. The molecule has 1 unspecified atom stereocenters. The van der Waals surface area contributed by atoms with Crippen LogP contribution in [0.15, 0.2) is 35.9 Å². The number of aromatic nitrogens is 4. The summed E-state index contributed by atoms with van der Waals surface area (Å²) in [4.78, 5) is 72.0. The zero-order chi connectivity index (χ0) is 47.3. The summed E-state index contributed by atoms with van der Waals surface area (Å²) < 4.78 is 11.1. The Hall–Kier alpha value is -5.12. The Labute approximate surface area is 386 Å². The Morgan fingerprint density at radius 3 is 2.11 bits per heavy atom. The minimum absolute atomic E-state index is 0.0485. The highest BCUT2D eigenvalue weighted by molar-refractivity contribution is 6.23. The fourth-order valence-corrected chi connectivity index (χ4v) is 10.4. The molecule has 0 spiro atoms. The van der Waals surface area contributed by atoms with Crippen LogP contribution in [-0.2, 0) is 19.1 Å². The van der Waals surface area contributed by atoms with Crippen LogP contribution >= 0.6 is 0 Å². The number of carbonyl (C=O) groups excluding carboxylic acids is 4. The number of nitrogens with one attached hydrogen (secondary N) is 2. The van der Waals surface area contributed by atoms with Crippen LogP contribution in [0.2, 0.25) is 0 Å². The molecule has 6 atom stereocenters. The molecule has 2 N–H and O–H groups in total. The van der Waals surface area contributed by atoms with E-state index in [0.29, 0.717) is 62.5 Å². The molecular formula is C55H74N4O6. The van der Waals surface area contributed by atoms with E-state index < -0.39 is 11.9 Å². The van der Waals surface area contributed by atoms with E-state index in [0.717, 1.165) is 52.7 Å². The lowest BCUT2D eigenvalue weighted by molar-refractivity contribution is -0.143. The molecule has 6 rings (SSSR count). The number of Topliss-reactive ketones (excluding diaryl/α,β-unsaturated/α-hetero) is 2. The molecule has 10 heteroatoms. The summed E-state index contributed by atoms with van der Waals surface area (Å²) in [6.45, 7) is 23.2. The molecule has 0 radical (unpaired) electrons. The number of rotatable bonds is 19. The van der Waals surface area contributed by atoms with Crippen LogP contribution in [0.25, 0.3) is 27.6 Å². The smallest absolute Gasteiger partial charge is 0.321 e. The molecular weight excluding hydrogens is 813 g/mol. The van der Waals surface area contributed by atoms with Gasteiger partial charge >= 0.3 is 11.9 Å². The summed E-state index contributed by atoms with van der Waals surface area (Å²) in [6, 6.07) is 5.87. The van der Waals surface area contributed by atoms with Crippen molar-refractivity contribution < 1.29 is 28.7 Å². The molecule has 65 heavy (non-hydrogen) atoms. The molecule has 0 aromatic carbocycles. The van der Waals surface area contributed by atoms with Gasteiger partial charge in [0.25, 0.3) is 0 Å². The Morgan fingerprint density at radius 1 is 0.815 bits per heavy atom. The quantitative estimate of drug-likeness (QED) is 0.0524. The second-order valence-electron chi connectivity index (χ2n) is 19.9. The molecule has 5 heterocycles. The van der Waals surface area contributed by atoms with Gasteiger partial charge in [-0.3, -0.25) is 29.1 Å². The van der Waals surface area contributed by atoms with Crippen LogP contribution < -0.4 is 0 Å². The van der Waals surface area contributed by atoms with Gasteiger partial charge in [-0.25, -0.2) is 0 Å². The number of hydrogen-bond donors (Lipinski definition) is 2. The molecule has 0 saturated carbocycles. The lowest BCUT2D eigenvalue weighted by Gasteiger charge is -2.18. The summed E-state index contributed by atoms with van der Waals surface area (Å²) in [5.74, 6) is -0.905. The highest BCUT2D eigenvalue weighted by atomic mass is 16.5. The minimum atomic E-state index is -1.22. The van der Waals surface area contributed by atoms with Crippen molar-refractivity contribution in [1.29, 1.82) is 0 Å². The molecule has 8 bridgehead atoms. The van der Waals surface area contributed by atoms with Crippen LogP contribution in [0.4, 0.5) is 0 Å². The summed E-state index contributed by atoms with van der Waals surface area (Å²) in [7, 11) is 1.29. The summed E-state index contributed by atoms with van der Waals surface area (Å²) in [5, 5.41) is 0. The molecule has 3 aliphatic rings. The monoisotopic (exact) mass is 887 g/mol. The molecule has 0 saturated heterocycles. The van der Waals surface area contributed by atoms with Crippen molar-refractivity contribution in [3.05, 3.63) is 86.5 Å². The van der Waals surface area contributed by atoms with Gasteiger partial charge in [-0.05, 0) is 113 Å². The van der Waals surface area contributed by atoms with E-state index in [9.17, 15) is 19.2 Å². The predicted octanol–water partition coefficient (Wildman–Crippen LogP) is 13.4. The minimum Gasteiger partial charge on any atom is -0.468 e. The van der Waals surface area contributed by atoms with Crippen LogP contribution in [0, 0.1) is 31.6 Å². The van der Waals surface area contributed by atoms with Gasteiger partial charge in [-0.15, -0.1) is 0 Å². The zero-order valence-corrected chi connectivity index (χ0v) is 41.3. The highest BCUT2D eigenvalue weighted by Crippen LogP contribution is 2.48. The second-order valence-corrected chi connectivity index (χ2v) is 19.9. The number of esters is 2. The number of allylic oxidation sites excluding steroid dienone is 3. The average molecular weight is 887 g/mol. The van der Waals surface area contributed by atoms with E-state index in [2.05, 4.69) is 58.4 Å². The number of nitrogens with zero attached hydrogens (tertiary/aromatic N) is 2. The van der Waals surface area contributed by atoms with Crippen molar-refractivity contribution in [3.8, 4) is 0 Å². The van der Waals surface area contributed by atoms with E-state index in [4.69, 9.17) is 19.4 Å². The van der Waals surface area contributed by atoms with Gasteiger partial charge in [0, 0.05) is 57.6 Å². The molecule has 3 aromatic heterocycles. The van der Waals surface area contributed by atoms with Gasteiger partial charge < -0.3 is 19.4 Å². The van der Waals surface area contributed by atoms with E-state index in [1.165, 1.54) is 57.6 Å². The third-order valence-electron chi connectivity index (χ3n) is 14.5. The standard InChI is InChI=1S/C55H74N4O6/c1-13-39-34(7)41-29-46-48(38(11)60)36(9)43(57-46)27-42-35(8)40(52(58-42)50-51(55(63)64-12)54(62)49-37(10)44(59-53(49)50)28-45(39)56-41)23-24-47(61)65-26-25-33(6)22-16-21-32(5)20-15-19-31(4)18-14-17-30(2)3/h13,25,27-32,34-35,40,51,57,59H,14-24,26H2,1-12H3/b33-25+,39-13?,41-29?,42-27?,43-27?,44-28?,45-28?,46-29?,52-50?/t31-,32-,34?,35+,40+,51-/m1/s1. The molecule has 350 valence electrons. The van der Waals surface area contributed by atoms with Crippen molar-refractivity contribution in [1.82, 2.24) is 19.9 Å². The Bertz CT molecular complexity index is 2520. The highest BCUT2D eigenvalue weighted by Gasteiger charge is 2.45. The number of aromatic amines is 2. The molecule has 3 aromatic rings. The fraction of sp³-hybridized carbons (Fsp3) is 0.564. The number of methoxy groups -OCH3 is 1. The van der Waals surface area contributed by atoms with E-state index in [1.54, 1.807) is 6.92 Å². The maximum Gasteiger partial charge on any atom is 0.321 e. The van der Waals surface area contributed by atoms with Crippen molar-refractivity contribution in [2.45, 2.75) is 170 Å². The van der Waals surface area contributed by atoms with Gasteiger partial charge in [0.2, 0.25) is 0 Å². The third kappa shape index (κ3) is 11.0. The lowest BCUT2D eigenvalue weighted by atomic mass is 9.84. The predicted molar refractivity (Wildman–Crippen MR) is 261 cm³/mol. The first kappa shape index (κ1) is 49.3. The number of hydrogen-bond acceptors (Lipinski definition) is 8. The Balaban J connectivity index is 1.25. The van der Waals surface area contributed by atoms with Crippen LogP contribution in [0.5, 0.6) is 0 Å². The van der Waals surface area contributed by atoms with Gasteiger partial charge in [-0.2, -0.15) is 0 Å². The van der Waals surface area contributed by atoms with E-state index in [-0.39, 0.29) is 48.3 Å². The van der Waals surface area contributed by atoms with Gasteiger partial charge in [0.05, 0.1) is 35.2 Å². The number of aryl methyl sites for hydroxylation is 2. The summed E-state index contributed by atoms with van der Waals surface area (Å²) in [6.07, 6.45) is 15.8. The van der Waals surface area contributed by atoms with Gasteiger partial charge in [0.1, 0.15) is 12.5 Å². The largest absolute Gasteiger partial charge is 0.468 e. The zero-order valence-electron chi connectivity index (χ0n) is 41.3. The van der Waals surface area contributed by atoms with Gasteiger partial charge in [0.15, 0.2) is 11.6 Å². The third-order valence-corrected chi connectivity index (χ3v) is 14.5. The molecule has 2 aliphatic heterocycles. The Morgan fingerprint density at radius 2 is 1.46 bits per heavy atom. The van der Waals surface area contributed by atoms with Crippen LogP contribution in [-0.4, -0.2) is 57.2 Å². The van der Waals surface area contributed by atoms with Crippen LogP contribution in [0.3, 0.4) is 0 Å². The maximum absolute atomic E-state index is 14.4. The average Bonchev–Trinajstić information content (AvgIpc) is 4.00. The van der Waals surface area contributed by atoms with E-state index >= 15 is 0 Å². The molecule has 10 nitrogen and oxygen atoms in total. The van der Waals surface area contributed by atoms with E-state index in [1.807, 2.05) is 51.1 Å². The first-order valence-electron chi connectivity index (χ1n) is 24.3. The maximum atomic E-state index is 14.4. The van der Waals surface area contributed by atoms with Crippen molar-refractivity contribution in [3.63, 3.8) is 0 Å². The fourth-order valence-electron chi connectivity index (χ4n) is 10.4. The number of ketones is 2. The summed E-state index contributed by atoms with van der Waals surface area (Å²) >= 11 is 0. The van der Waals surface area contributed by atoms with Crippen LogP contribution in [0.1, 0.15) is 217 Å². The lowest BCUT2D eigenvalue weighted by Crippen LogP contribution is -2.21. The first-order chi connectivity index (χ1) is 30.9. The normalized spacial score (nSPS) is 19.9. The molecule has 0 fully saturated rings. The Kier molecular flexibility index (Phi) is 16.3. The van der Waals surface area contributed by atoms with Crippen molar-refractivity contribution in [2.24, 2.45) is 17.8 Å². The van der Waals surface area contributed by atoms with Gasteiger partial charge in [-0.1, -0.05) is 98.1 Å². The SMILES string of the molecule is CC=C1c2cc3[nH]c4c(c3C)C(=O)[C@H](C(=O)OC)c4c3nc(cc4[nH]c(cc(n2)C1C)c(C(C)=O)c4C)[C@@H](C)[C@@H]3CCC(=O)OC/C=C(\C)CCC[C@H](C)CCC[C@H](C)CCCC(C)C. The second kappa shape index (κ2) is 21.5. The van der Waals surface area contributed by atoms with Crippen molar-refractivity contribution in [2.75, 3.05) is 13.7 Å². The number of carbonyl (C=O) groups is 4. The topological polar surface area (TPSA) is 144 Å².